The lowest BCUT2D eigenvalue weighted by Gasteiger charge is -2.50. The largest absolute Gasteiger partial charge is 0.457 e. The maximum absolute atomic E-state index is 6.88. The average molecular weight is 857 g/mol. The van der Waals surface area contributed by atoms with E-state index in [0.29, 0.717) is 0 Å². The summed E-state index contributed by atoms with van der Waals surface area (Å²) in [5.74, 6) is 3.43. The maximum Gasteiger partial charge on any atom is 0.136 e. The van der Waals surface area contributed by atoms with Crippen LogP contribution in [0.25, 0.3) is 64.8 Å². The van der Waals surface area contributed by atoms with E-state index in [9.17, 15) is 0 Å². The van der Waals surface area contributed by atoms with Crippen molar-refractivity contribution in [2.45, 2.75) is 10.8 Å². The fourth-order valence-electron chi connectivity index (χ4n) is 11.2. The second kappa shape index (κ2) is 12.5. The SMILES string of the molecule is c1ccc2c(c1)Oc1ccccc1C21c2cc(-c3ccc4c(c3)oc3ccccc34)sc2C2(c3ccccc3Oc3ccccc32)c2cc(-c3ccc4c(c3)oc3ccccc34)sc21. The number of fused-ring (bicyclic) bond motifs is 20. The average Bonchev–Trinajstić information content (AvgIpc) is 4.16. The molecule has 6 heterocycles. The summed E-state index contributed by atoms with van der Waals surface area (Å²) in [5, 5.41) is 4.48. The Balaban J connectivity index is 1.10. The standard InChI is InChI=1S/C58H32O4S2/c1-7-19-45-35(13-1)37-27-25-33(29-51(37)59-45)53-31-43-55(63-53)58(41-17-5-11-23-49(41)62-50-24-12-6-18-42(50)58)44-32-54(34-26-28-38-36-14-2-8-20-46(36)60-52(38)30-34)64-56(44)57(43)39-15-3-9-21-47(39)61-48-22-10-4-16-40(48)57/h1-32H. The minimum atomic E-state index is -0.742. The van der Waals surface area contributed by atoms with E-state index >= 15 is 0 Å². The van der Waals surface area contributed by atoms with Gasteiger partial charge in [-0.3, -0.25) is 0 Å². The molecule has 2 aliphatic heterocycles. The van der Waals surface area contributed by atoms with Gasteiger partial charge in [-0.25, -0.2) is 0 Å². The van der Waals surface area contributed by atoms with Crippen LogP contribution in [0.1, 0.15) is 43.1 Å². The minimum absolute atomic E-state index is 0.742. The predicted molar refractivity (Wildman–Crippen MR) is 258 cm³/mol. The van der Waals surface area contributed by atoms with Gasteiger partial charge >= 0.3 is 0 Å². The zero-order chi connectivity index (χ0) is 41.7. The molecule has 0 unspecified atom stereocenters. The van der Waals surface area contributed by atoms with Crippen LogP contribution in [0, 0.1) is 0 Å². The van der Waals surface area contributed by atoms with Crippen molar-refractivity contribution in [3.05, 3.63) is 237 Å². The molecular weight excluding hydrogens is 825 g/mol. The molecule has 15 rings (SSSR count). The highest BCUT2D eigenvalue weighted by Gasteiger charge is 2.61. The number of ether oxygens (including phenoxy) is 2. The Morgan fingerprint density at radius 1 is 0.297 bits per heavy atom. The molecule has 300 valence electrons. The summed E-state index contributed by atoms with van der Waals surface area (Å²) in [4.78, 5) is 4.84. The molecule has 12 aromatic rings. The monoisotopic (exact) mass is 856 g/mol. The van der Waals surface area contributed by atoms with Gasteiger partial charge in [-0.05, 0) is 95.1 Å². The highest BCUT2D eigenvalue weighted by atomic mass is 32.1. The molecule has 0 N–H and O–H groups in total. The third-order valence-electron chi connectivity index (χ3n) is 13.9. The fraction of sp³-hybridized carbons (Fsp3) is 0.0345. The predicted octanol–water partition coefficient (Wildman–Crippen LogP) is 16.2. The number of thiophene rings is 2. The van der Waals surface area contributed by atoms with Crippen LogP contribution in [-0.2, 0) is 10.8 Å². The Labute approximate surface area is 374 Å². The summed E-state index contributed by atoms with van der Waals surface area (Å²) < 4.78 is 26.8. The number of furan rings is 2. The lowest BCUT2D eigenvalue weighted by Crippen LogP contribution is -2.45. The molecule has 0 amide bonds. The van der Waals surface area contributed by atoms with E-state index < -0.39 is 10.8 Å². The van der Waals surface area contributed by atoms with Crippen molar-refractivity contribution in [2.75, 3.05) is 0 Å². The molecule has 3 aliphatic rings. The van der Waals surface area contributed by atoms with E-state index in [4.69, 9.17) is 18.3 Å². The Morgan fingerprint density at radius 2 is 0.641 bits per heavy atom. The minimum Gasteiger partial charge on any atom is -0.457 e. The van der Waals surface area contributed by atoms with Gasteiger partial charge in [-0.1, -0.05) is 121 Å². The summed E-state index contributed by atoms with van der Waals surface area (Å²) in [6, 6.07) is 69.6. The summed E-state index contributed by atoms with van der Waals surface area (Å²) in [6.07, 6.45) is 0. The number of rotatable bonds is 2. The van der Waals surface area contributed by atoms with Crippen LogP contribution in [0.5, 0.6) is 23.0 Å². The van der Waals surface area contributed by atoms with Crippen LogP contribution in [0.3, 0.4) is 0 Å². The summed E-state index contributed by atoms with van der Waals surface area (Å²) in [6.45, 7) is 0. The molecule has 1 aliphatic carbocycles. The van der Waals surface area contributed by atoms with Crippen molar-refractivity contribution in [3.8, 4) is 43.9 Å². The van der Waals surface area contributed by atoms with Gasteiger partial charge in [0, 0.05) is 63.3 Å². The maximum atomic E-state index is 6.88. The molecule has 6 heteroatoms. The summed E-state index contributed by atoms with van der Waals surface area (Å²) >= 11 is 3.76. The quantitative estimate of drug-likeness (QED) is 0.174. The molecule has 0 atom stereocenters. The third kappa shape index (κ3) is 4.36. The molecule has 4 aromatic heterocycles. The van der Waals surface area contributed by atoms with E-state index in [1.165, 1.54) is 30.6 Å². The first-order chi connectivity index (χ1) is 31.7. The van der Waals surface area contributed by atoms with Gasteiger partial charge in [0.15, 0.2) is 0 Å². The van der Waals surface area contributed by atoms with E-state index in [1.54, 1.807) is 0 Å². The first-order valence-corrected chi connectivity index (χ1v) is 23.2. The topological polar surface area (TPSA) is 44.7 Å². The van der Waals surface area contributed by atoms with Crippen LogP contribution in [0.15, 0.2) is 203 Å². The van der Waals surface area contributed by atoms with E-state index in [-0.39, 0.29) is 0 Å². The Morgan fingerprint density at radius 3 is 1.05 bits per heavy atom. The number of hydrogen-bond acceptors (Lipinski definition) is 6. The van der Waals surface area contributed by atoms with Gasteiger partial charge in [0.05, 0.1) is 10.8 Å². The molecule has 8 aromatic carbocycles. The first-order valence-electron chi connectivity index (χ1n) is 21.5. The number of hydrogen-bond donors (Lipinski definition) is 0. The van der Waals surface area contributed by atoms with Gasteiger partial charge < -0.3 is 18.3 Å². The van der Waals surface area contributed by atoms with Crippen molar-refractivity contribution in [1.82, 2.24) is 0 Å². The van der Waals surface area contributed by atoms with Crippen molar-refractivity contribution in [2.24, 2.45) is 0 Å². The molecule has 4 nitrogen and oxygen atoms in total. The van der Waals surface area contributed by atoms with Crippen LogP contribution in [0.2, 0.25) is 0 Å². The van der Waals surface area contributed by atoms with Gasteiger partial charge in [-0.15, -0.1) is 22.7 Å². The van der Waals surface area contributed by atoms with Crippen molar-refractivity contribution < 1.29 is 18.3 Å². The van der Waals surface area contributed by atoms with Crippen molar-refractivity contribution >= 4 is 66.6 Å². The van der Waals surface area contributed by atoms with Crippen molar-refractivity contribution in [1.29, 1.82) is 0 Å². The lowest BCUT2D eigenvalue weighted by molar-refractivity contribution is 0.418. The molecule has 0 fully saturated rings. The van der Waals surface area contributed by atoms with Gasteiger partial charge in [-0.2, -0.15) is 0 Å². The molecule has 0 saturated heterocycles. The summed E-state index contributed by atoms with van der Waals surface area (Å²) in [5.41, 5.74) is 11.2. The highest BCUT2D eigenvalue weighted by Crippen LogP contribution is 2.70. The van der Waals surface area contributed by atoms with E-state index in [1.807, 2.05) is 46.9 Å². The Hall–Kier alpha value is -7.64. The fourth-order valence-corrected chi connectivity index (χ4v) is 14.1. The van der Waals surface area contributed by atoms with Gasteiger partial charge in [0.25, 0.3) is 0 Å². The molecule has 0 bridgehead atoms. The van der Waals surface area contributed by atoms with Crippen molar-refractivity contribution in [3.63, 3.8) is 0 Å². The molecule has 0 radical (unpaired) electrons. The second-order valence-corrected chi connectivity index (χ2v) is 19.1. The van der Waals surface area contributed by atoms with Crippen LogP contribution in [0.4, 0.5) is 0 Å². The van der Waals surface area contributed by atoms with E-state index in [2.05, 4.69) is 170 Å². The van der Waals surface area contributed by atoms with Gasteiger partial charge in [0.1, 0.15) is 45.3 Å². The Kier molecular flexibility index (Phi) is 6.82. The molecule has 64 heavy (non-hydrogen) atoms. The number of benzene rings is 8. The third-order valence-corrected chi connectivity index (χ3v) is 16.5. The van der Waals surface area contributed by atoms with E-state index in [0.717, 1.165) is 100 Å². The smallest absolute Gasteiger partial charge is 0.136 e. The summed E-state index contributed by atoms with van der Waals surface area (Å²) in [7, 11) is 0. The molecule has 2 spiro atoms. The first kappa shape index (κ1) is 34.9. The van der Waals surface area contributed by atoms with Crippen LogP contribution >= 0.6 is 22.7 Å². The number of para-hydroxylation sites is 6. The molecular formula is C58H32O4S2. The molecule has 0 saturated carbocycles. The zero-order valence-electron chi connectivity index (χ0n) is 33.9. The van der Waals surface area contributed by atoms with Crippen LogP contribution < -0.4 is 9.47 Å². The van der Waals surface area contributed by atoms with Gasteiger partial charge in [0.2, 0.25) is 0 Å². The normalized spacial score (nSPS) is 14.8. The highest BCUT2D eigenvalue weighted by molar-refractivity contribution is 7.17. The Bertz CT molecular complexity index is 3560. The second-order valence-electron chi connectivity index (χ2n) is 17.0. The zero-order valence-corrected chi connectivity index (χ0v) is 35.6. The lowest BCUT2D eigenvalue weighted by atomic mass is 9.54. The van der Waals surface area contributed by atoms with Crippen LogP contribution in [-0.4, -0.2) is 0 Å².